The van der Waals surface area contributed by atoms with Gasteiger partial charge in [0.15, 0.2) is 0 Å². The van der Waals surface area contributed by atoms with Gasteiger partial charge in [0.05, 0.1) is 0 Å². The lowest BCUT2D eigenvalue weighted by atomic mass is 9.76. The fourth-order valence-corrected chi connectivity index (χ4v) is 3.56. The van der Waals surface area contributed by atoms with Crippen LogP contribution >= 0.6 is 23.2 Å². The van der Waals surface area contributed by atoms with Gasteiger partial charge in [0.2, 0.25) is 0 Å². The lowest BCUT2D eigenvalue weighted by Gasteiger charge is -2.35. The predicted octanol–water partition coefficient (Wildman–Crippen LogP) is 4.56. The second kappa shape index (κ2) is 6.27. The topological polar surface area (TPSA) is 12.0 Å². The van der Waals surface area contributed by atoms with Crippen LogP contribution in [0.3, 0.4) is 0 Å². The number of halogens is 2. The van der Waals surface area contributed by atoms with Crippen LogP contribution in [-0.4, -0.2) is 13.1 Å². The van der Waals surface area contributed by atoms with E-state index in [1.165, 1.54) is 24.8 Å². The average molecular weight is 286 g/mol. The van der Waals surface area contributed by atoms with E-state index in [0.29, 0.717) is 17.0 Å². The van der Waals surface area contributed by atoms with Crippen molar-refractivity contribution in [2.24, 2.45) is 11.8 Å². The molecule has 2 rings (SSSR count). The van der Waals surface area contributed by atoms with Crippen molar-refractivity contribution in [1.82, 2.24) is 5.32 Å². The van der Waals surface area contributed by atoms with Crippen LogP contribution in [0, 0.1) is 11.8 Å². The zero-order valence-corrected chi connectivity index (χ0v) is 12.6. The Hall–Kier alpha value is -0.240. The van der Waals surface area contributed by atoms with Crippen LogP contribution in [0.1, 0.15) is 31.7 Å². The Morgan fingerprint density at radius 1 is 1.28 bits per heavy atom. The van der Waals surface area contributed by atoms with E-state index in [9.17, 15) is 0 Å². The molecular formula is C15H21Cl2N. The summed E-state index contributed by atoms with van der Waals surface area (Å²) in [6.45, 7) is 2.35. The van der Waals surface area contributed by atoms with Crippen molar-refractivity contribution < 1.29 is 0 Å². The van der Waals surface area contributed by atoms with Crippen LogP contribution in [0.5, 0.6) is 0 Å². The molecule has 18 heavy (non-hydrogen) atoms. The van der Waals surface area contributed by atoms with E-state index < -0.39 is 0 Å². The van der Waals surface area contributed by atoms with E-state index >= 15 is 0 Å². The Bertz CT molecular complexity index is 405. The first kappa shape index (κ1) is 14.2. The fourth-order valence-electron chi connectivity index (χ4n) is 3.07. The summed E-state index contributed by atoms with van der Waals surface area (Å²) in [5.41, 5.74) is 1.22. The molecule has 0 aliphatic heterocycles. The molecule has 0 spiro atoms. The summed E-state index contributed by atoms with van der Waals surface area (Å²) in [6.07, 6.45) is 4.93. The second-order valence-electron chi connectivity index (χ2n) is 5.51. The summed E-state index contributed by atoms with van der Waals surface area (Å²) in [6, 6.07) is 6.46. The molecule has 0 aromatic heterocycles. The maximum Gasteiger partial charge on any atom is 0.0452 e. The van der Waals surface area contributed by atoms with Gasteiger partial charge in [0.25, 0.3) is 0 Å². The third-order valence-corrected chi connectivity index (χ3v) is 4.70. The monoisotopic (exact) mass is 285 g/mol. The minimum absolute atomic E-state index is 0.618. The first-order chi connectivity index (χ1) is 8.60. The average Bonchev–Trinajstić information content (AvgIpc) is 2.33. The molecule has 1 saturated carbocycles. The highest BCUT2D eigenvalue weighted by Crippen LogP contribution is 2.33. The van der Waals surface area contributed by atoms with E-state index in [2.05, 4.69) is 25.4 Å². The molecule has 0 saturated heterocycles. The predicted molar refractivity (Wildman–Crippen MR) is 79.5 cm³/mol. The van der Waals surface area contributed by atoms with Crippen LogP contribution in [0.15, 0.2) is 18.2 Å². The Kier molecular flexibility index (Phi) is 4.94. The molecule has 1 fully saturated rings. The highest BCUT2D eigenvalue weighted by Gasteiger charge is 2.27. The first-order valence-electron chi connectivity index (χ1n) is 6.71. The van der Waals surface area contributed by atoms with Crippen molar-refractivity contribution in [3.63, 3.8) is 0 Å². The summed E-state index contributed by atoms with van der Waals surface area (Å²) in [7, 11) is 2.07. The van der Waals surface area contributed by atoms with Gasteiger partial charge in [-0.1, -0.05) is 36.2 Å². The van der Waals surface area contributed by atoms with E-state index in [1.54, 1.807) is 0 Å². The molecule has 100 valence electrons. The van der Waals surface area contributed by atoms with Gasteiger partial charge < -0.3 is 5.32 Å². The SMILES string of the molecule is CNC1CCC(C)CC1Cc1ccc(Cl)cc1Cl. The largest absolute Gasteiger partial charge is 0.317 e. The first-order valence-corrected chi connectivity index (χ1v) is 7.47. The molecule has 3 unspecified atom stereocenters. The van der Waals surface area contributed by atoms with Gasteiger partial charge >= 0.3 is 0 Å². The smallest absolute Gasteiger partial charge is 0.0452 e. The Morgan fingerprint density at radius 3 is 2.72 bits per heavy atom. The van der Waals surface area contributed by atoms with Crippen molar-refractivity contribution >= 4 is 23.2 Å². The maximum absolute atomic E-state index is 6.27. The molecule has 0 amide bonds. The zero-order valence-electron chi connectivity index (χ0n) is 11.0. The number of benzene rings is 1. The summed E-state index contributed by atoms with van der Waals surface area (Å²) in [4.78, 5) is 0. The van der Waals surface area contributed by atoms with Gasteiger partial charge in [-0.25, -0.2) is 0 Å². The molecular weight excluding hydrogens is 265 g/mol. The number of hydrogen-bond donors (Lipinski definition) is 1. The molecule has 1 aliphatic rings. The third kappa shape index (κ3) is 3.40. The van der Waals surface area contributed by atoms with Gasteiger partial charge in [0.1, 0.15) is 0 Å². The minimum atomic E-state index is 0.618. The third-order valence-electron chi connectivity index (χ3n) is 4.11. The molecule has 1 aliphatic carbocycles. The summed E-state index contributed by atoms with van der Waals surface area (Å²) < 4.78 is 0. The van der Waals surface area contributed by atoms with Gasteiger partial charge in [-0.15, -0.1) is 0 Å². The van der Waals surface area contributed by atoms with E-state index in [4.69, 9.17) is 23.2 Å². The molecule has 0 bridgehead atoms. The molecule has 1 aromatic carbocycles. The molecule has 3 atom stereocenters. The lowest BCUT2D eigenvalue weighted by molar-refractivity contribution is 0.220. The summed E-state index contributed by atoms with van der Waals surface area (Å²) in [5, 5.41) is 4.97. The maximum atomic E-state index is 6.27. The van der Waals surface area contributed by atoms with Crippen LogP contribution in [0.4, 0.5) is 0 Å². The van der Waals surface area contributed by atoms with Crippen molar-refractivity contribution in [2.45, 2.75) is 38.6 Å². The Balaban J connectivity index is 2.10. The fraction of sp³-hybridized carbons (Fsp3) is 0.600. The summed E-state index contributed by atoms with van der Waals surface area (Å²) in [5.74, 6) is 1.50. The van der Waals surface area contributed by atoms with Crippen LogP contribution in [0.25, 0.3) is 0 Å². The lowest BCUT2D eigenvalue weighted by Crippen LogP contribution is -2.39. The molecule has 1 N–H and O–H groups in total. The Labute approximate surface area is 120 Å². The van der Waals surface area contributed by atoms with Crippen LogP contribution < -0.4 is 5.32 Å². The minimum Gasteiger partial charge on any atom is -0.317 e. The van der Waals surface area contributed by atoms with Gasteiger partial charge in [-0.05, 0) is 62.3 Å². The van der Waals surface area contributed by atoms with Gasteiger partial charge in [0, 0.05) is 16.1 Å². The normalized spacial score (nSPS) is 28.3. The highest BCUT2D eigenvalue weighted by molar-refractivity contribution is 6.35. The second-order valence-corrected chi connectivity index (χ2v) is 6.36. The molecule has 0 radical (unpaired) electrons. The van der Waals surface area contributed by atoms with E-state index in [-0.39, 0.29) is 0 Å². The summed E-state index contributed by atoms with van der Waals surface area (Å²) >= 11 is 12.2. The van der Waals surface area contributed by atoms with Crippen molar-refractivity contribution in [1.29, 1.82) is 0 Å². The molecule has 3 heteroatoms. The zero-order chi connectivity index (χ0) is 13.1. The number of hydrogen-bond acceptors (Lipinski definition) is 1. The number of nitrogens with one attached hydrogen (secondary N) is 1. The molecule has 1 aromatic rings. The van der Waals surface area contributed by atoms with Crippen molar-refractivity contribution in [3.05, 3.63) is 33.8 Å². The van der Waals surface area contributed by atoms with Crippen LogP contribution in [0.2, 0.25) is 10.0 Å². The standard InChI is InChI=1S/C15H21Cl2N/c1-10-3-6-15(18-2)12(7-10)8-11-4-5-13(16)9-14(11)17/h4-5,9-10,12,15,18H,3,6-8H2,1-2H3. The van der Waals surface area contributed by atoms with E-state index in [1.807, 2.05) is 12.1 Å². The van der Waals surface area contributed by atoms with E-state index in [0.717, 1.165) is 17.4 Å². The van der Waals surface area contributed by atoms with Crippen LogP contribution in [-0.2, 0) is 6.42 Å². The highest BCUT2D eigenvalue weighted by atomic mass is 35.5. The molecule has 1 nitrogen and oxygen atoms in total. The quantitative estimate of drug-likeness (QED) is 0.859. The van der Waals surface area contributed by atoms with Gasteiger partial charge in [-0.3, -0.25) is 0 Å². The Morgan fingerprint density at radius 2 is 2.06 bits per heavy atom. The number of rotatable bonds is 3. The molecule has 0 heterocycles. The van der Waals surface area contributed by atoms with Gasteiger partial charge in [-0.2, -0.15) is 0 Å². The van der Waals surface area contributed by atoms with Crippen molar-refractivity contribution in [2.75, 3.05) is 7.05 Å². The van der Waals surface area contributed by atoms with Crippen molar-refractivity contribution in [3.8, 4) is 0 Å².